The summed E-state index contributed by atoms with van der Waals surface area (Å²) in [6.45, 7) is 9.69. The largest absolute Gasteiger partial charge is 0.496 e. The SMILES string of the molecule is COc1ccc(F)cc1C(Cn1cc(/C(C)=N/OC(C)C)c(=O)n(N(C)C(=O)OC(C)(C)C)c1=O)OCCC#N. The highest BCUT2D eigenvalue weighted by Crippen LogP contribution is 2.30. The van der Waals surface area contributed by atoms with Crippen LogP contribution in [-0.4, -0.2) is 53.5 Å². The fraction of sp³-hybridized carbons (Fsp3) is 0.519. The fourth-order valence-corrected chi connectivity index (χ4v) is 3.50. The number of ether oxygens (including phenoxy) is 3. The van der Waals surface area contributed by atoms with E-state index in [1.54, 1.807) is 34.6 Å². The Morgan fingerprint density at radius 1 is 1.25 bits per heavy atom. The van der Waals surface area contributed by atoms with Gasteiger partial charge < -0.3 is 19.0 Å². The maximum atomic E-state index is 14.3. The maximum Gasteiger partial charge on any atom is 0.429 e. The van der Waals surface area contributed by atoms with Crippen molar-refractivity contribution in [2.45, 2.75) is 72.3 Å². The number of nitriles is 1. The van der Waals surface area contributed by atoms with Crippen LogP contribution in [-0.2, 0) is 20.9 Å². The van der Waals surface area contributed by atoms with Crippen LogP contribution in [0.1, 0.15) is 65.2 Å². The Kier molecular flexibility index (Phi) is 11.0. The van der Waals surface area contributed by atoms with Crippen molar-refractivity contribution < 1.29 is 28.2 Å². The van der Waals surface area contributed by atoms with Crippen LogP contribution in [0.15, 0.2) is 39.1 Å². The average molecular weight is 562 g/mol. The number of nitrogens with zero attached hydrogens (tertiary/aromatic N) is 5. The predicted molar refractivity (Wildman–Crippen MR) is 146 cm³/mol. The molecule has 0 N–H and O–H groups in total. The van der Waals surface area contributed by atoms with Gasteiger partial charge in [-0.05, 0) is 59.7 Å². The van der Waals surface area contributed by atoms with Gasteiger partial charge in [0.1, 0.15) is 29.4 Å². The number of carbonyl (C=O) groups excluding carboxylic acids is 1. The molecule has 0 aliphatic heterocycles. The van der Waals surface area contributed by atoms with Crippen molar-refractivity contribution in [3.8, 4) is 11.8 Å². The Morgan fingerprint density at radius 2 is 1.93 bits per heavy atom. The summed E-state index contributed by atoms with van der Waals surface area (Å²) in [6.07, 6.45) is -0.915. The van der Waals surface area contributed by atoms with Gasteiger partial charge in [-0.2, -0.15) is 9.94 Å². The van der Waals surface area contributed by atoms with E-state index in [1.165, 1.54) is 45.5 Å². The minimum atomic E-state index is -0.980. The van der Waals surface area contributed by atoms with Gasteiger partial charge in [0.25, 0.3) is 5.56 Å². The third-order valence-electron chi connectivity index (χ3n) is 5.32. The number of aromatic nitrogens is 2. The molecule has 0 saturated carbocycles. The molecule has 2 aromatic rings. The summed E-state index contributed by atoms with van der Waals surface area (Å²) in [7, 11) is 2.62. The Hall–Kier alpha value is -4.18. The Balaban J connectivity index is 2.76. The third-order valence-corrected chi connectivity index (χ3v) is 5.32. The summed E-state index contributed by atoms with van der Waals surface area (Å²) >= 11 is 0. The quantitative estimate of drug-likeness (QED) is 0.231. The van der Waals surface area contributed by atoms with Crippen molar-refractivity contribution in [3.63, 3.8) is 0 Å². The molecular formula is C27H36FN5O7. The van der Waals surface area contributed by atoms with Gasteiger partial charge in [0, 0.05) is 18.8 Å². The highest BCUT2D eigenvalue weighted by atomic mass is 19.1. The molecule has 12 nitrogen and oxygen atoms in total. The molecule has 0 radical (unpaired) electrons. The highest BCUT2D eigenvalue weighted by molar-refractivity contribution is 5.97. The van der Waals surface area contributed by atoms with E-state index in [9.17, 15) is 18.8 Å². The summed E-state index contributed by atoms with van der Waals surface area (Å²) in [4.78, 5) is 45.3. The van der Waals surface area contributed by atoms with Crippen molar-refractivity contribution in [3.05, 3.63) is 62.2 Å². The molecule has 0 aliphatic rings. The zero-order valence-electron chi connectivity index (χ0n) is 24.1. The molecule has 2 rings (SSSR count). The maximum absolute atomic E-state index is 14.3. The number of carbonyl (C=O) groups is 1. The molecule has 0 aliphatic carbocycles. The molecule has 1 unspecified atom stereocenters. The smallest absolute Gasteiger partial charge is 0.429 e. The first-order valence-corrected chi connectivity index (χ1v) is 12.6. The first-order valence-electron chi connectivity index (χ1n) is 12.6. The zero-order valence-corrected chi connectivity index (χ0v) is 24.1. The van der Waals surface area contributed by atoms with Gasteiger partial charge in [0.15, 0.2) is 0 Å². The number of benzene rings is 1. The van der Waals surface area contributed by atoms with Crippen molar-refractivity contribution in [2.24, 2.45) is 5.16 Å². The average Bonchev–Trinajstić information content (AvgIpc) is 2.87. The second-order valence-electron chi connectivity index (χ2n) is 10.1. The van der Waals surface area contributed by atoms with Gasteiger partial charge in [0.2, 0.25) is 0 Å². The summed E-state index contributed by atoms with van der Waals surface area (Å²) in [6, 6.07) is 5.79. The number of amides is 1. The molecule has 0 bridgehead atoms. The minimum Gasteiger partial charge on any atom is -0.496 e. The normalized spacial score (nSPS) is 12.6. The van der Waals surface area contributed by atoms with E-state index >= 15 is 0 Å². The Labute approximate surface area is 232 Å². The number of hydrogen-bond donors (Lipinski definition) is 0. The predicted octanol–water partition coefficient (Wildman–Crippen LogP) is 3.48. The fourth-order valence-electron chi connectivity index (χ4n) is 3.50. The van der Waals surface area contributed by atoms with E-state index in [4.69, 9.17) is 24.3 Å². The highest BCUT2D eigenvalue weighted by Gasteiger charge is 2.27. The molecule has 1 amide bonds. The molecule has 0 spiro atoms. The standard InChI is InChI=1S/C27H36FN5O7/c1-17(2)40-30-18(3)21-15-32(25(35)33(24(21)34)31(7)26(36)39-27(4,5)6)16-23(38-13-9-12-29)20-14-19(28)10-11-22(20)37-8/h10-11,14-15,17,23H,9,13,16H2,1-8H3/b30-18+. The molecule has 0 fully saturated rings. The summed E-state index contributed by atoms with van der Waals surface area (Å²) < 4.78 is 32.6. The van der Waals surface area contributed by atoms with Gasteiger partial charge in [-0.15, -0.1) is 0 Å². The van der Waals surface area contributed by atoms with Crippen LogP contribution < -0.4 is 21.0 Å². The van der Waals surface area contributed by atoms with Gasteiger partial charge in [0.05, 0.1) is 44.0 Å². The second-order valence-corrected chi connectivity index (χ2v) is 10.1. The molecule has 40 heavy (non-hydrogen) atoms. The number of rotatable bonds is 11. The van der Waals surface area contributed by atoms with Crippen LogP contribution in [0.5, 0.6) is 5.75 Å². The lowest BCUT2D eigenvalue weighted by Gasteiger charge is -2.26. The van der Waals surface area contributed by atoms with Crippen LogP contribution >= 0.6 is 0 Å². The van der Waals surface area contributed by atoms with Crippen LogP contribution in [0, 0.1) is 17.1 Å². The molecule has 218 valence electrons. The molecular weight excluding hydrogens is 525 g/mol. The number of halogens is 1. The number of hydrogen-bond acceptors (Lipinski definition) is 9. The van der Waals surface area contributed by atoms with Gasteiger partial charge in [-0.3, -0.25) is 9.36 Å². The Bertz CT molecular complexity index is 1390. The summed E-state index contributed by atoms with van der Waals surface area (Å²) in [5.41, 5.74) is -2.26. The topological polar surface area (TPSA) is 137 Å². The number of methoxy groups -OCH3 is 1. The van der Waals surface area contributed by atoms with E-state index in [0.29, 0.717) is 10.4 Å². The van der Waals surface area contributed by atoms with Crippen LogP contribution in [0.3, 0.4) is 0 Å². The molecule has 0 saturated heterocycles. The molecule has 1 aromatic carbocycles. The molecule has 13 heteroatoms. The summed E-state index contributed by atoms with van der Waals surface area (Å²) in [5.74, 6) is -0.278. The van der Waals surface area contributed by atoms with Crippen molar-refractivity contribution in [2.75, 3.05) is 25.8 Å². The van der Waals surface area contributed by atoms with Gasteiger partial charge in [-0.1, -0.05) is 5.16 Å². The van der Waals surface area contributed by atoms with E-state index in [-0.39, 0.29) is 42.5 Å². The molecule has 1 heterocycles. The van der Waals surface area contributed by atoms with Crippen molar-refractivity contribution in [1.29, 1.82) is 5.26 Å². The lowest BCUT2D eigenvalue weighted by Crippen LogP contribution is -2.55. The van der Waals surface area contributed by atoms with Crippen LogP contribution in [0.4, 0.5) is 9.18 Å². The van der Waals surface area contributed by atoms with Gasteiger partial charge in [-0.25, -0.2) is 19.0 Å². The monoisotopic (exact) mass is 561 g/mol. The van der Waals surface area contributed by atoms with Crippen molar-refractivity contribution >= 4 is 11.8 Å². The van der Waals surface area contributed by atoms with E-state index in [1.807, 2.05) is 6.07 Å². The van der Waals surface area contributed by atoms with E-state index in [2.05, 4.69) is 5.16 Å². The zero-order chi connectivity index (χ0) is 30.2. The summed E-state index contributed by atoms with van der Waals surface area (Å²) in [5, 5.41) is 13.7. The van der Waals surface area contributed by atoms with Crippen molar-refractivity contribution in [1.82, 2.24) is 9.24 Å². The lowest BCUT2D eigenvalue weighted by atomic mass is 10.1. The van der Waals surface area contributed by atoms with E-state index in [0.717, 1.165) is 9.58 Å². The Morgan fingerprint density at radius 3 is 2.50 bits per heavy atom. The van der Waals surface area contributed by atoms with Gasteiger partial charge >= 0.3 is 11.8 Å². The molecule has 1 atom stereocenters. The van der Waals surface area contributed by atoms with E-state index < -0.39 is 34.9 Å². The minimum absolute atomic E-state index is 0.0252. The molecule has 1 aromatic heterocycles. The third kappa shape index (κ3) is 8.41. The van der Waals surface area contributed by atoms with Crippen LogP contribution in [0.2, 0.25) is 0 Å². The van der Waals surface area contributed by atoms with Crippen LogP contribution in [0.25, 0.3) is 0 Å². The first-order chi connectivity index (χ1) is 18.7. The first kappa shape index (κ1) is 32.0. The second kappa shape index (κ2) is 13.7. The number of oxime groups is 1. The lowest BCUT2D eigenvalue weighted by molar-refractivity contribution is 0.0407.